The van der Waals surface area contributed by atoms with Gasteiger partial charge in [0.05, 0.1) is 11.4 Å². The average Bonchev–Trinajstić information content (AvgIpc) is 0.854. The van der Waals surface area contributed by atoms with Gasteiger partial charge in [-0.15, -0.1) is 164 Å². The van der Waals surface area contributed by atoms with Gasteiger partial charge in [0.2, 0.25) is 26.9 Å². The van der Waals surface area contributed by atoms with Crippen molar-refractivity contribution in [3.05, 3.63) is 294 Å². The molecule has 4 aromatic heterocycles. The SMILES string of the molecule is CN1C=CN(c2[c-]c3c(cc2)Oc2c4c5c(c6c2B3c2[c-]c(-n3cccn3)ccc2O6)Oc2ccc(-n3cccn3)[c-]c2B5c2[c-]c(N3C=CN(C)[CH-]3)ccc2O4)[CH-]1.Cc1cc(C)n(-c2[c-]c3c(cc2)Oc2c4c5c(c6c2B3c2[c-]c(N3C=CN(C)[CH-]3)ccc2O6)Oc2ccc(N3C=CN(C)[CH-]3)[c-]c2B5c2[c-]c(-n3nc(C)cc3C)ccc2O4)n1.[Pt].[Pt].[Pt].[Pt]. The van der Waals surface area contributed by atoms with Crippen molar-refractivity contribution in [1.82, 2.24) is 58.7 Å². The summed E-state index contributed by atoms with van der Waals surface area (Å²) in [5, 5.41) is 18.6. The molecule has 10 aromatic carbocycles. The summed E-state index contributed by atoms with van der Waals surface area (Å²) in [6, 6.07) is 69.7. The zero-order valence-corrected chi connectivity index (χ0v) is 75.9. The van der Waals surface area contributed by atoms with Gasteiger partial charge >= 0.3 is 0 Å². The molecule has 12 aliphatic rings. The van der Waals surface area contributed by atoms with Crippen LogP contribution in [-0.4, -0.2) is 114 Å². The van der Waals surface area contributed by atoms with E-state index in [0.29, 0.717) is 92.0 Å². The van der Waals surface area contributed by atoms with Crippen molar-refractivity contribution in [3.63, 3.8) is 0 Å². The Morgan fingerprint density at radius 1 is 0.282 bits per heavy atom. The van der Waals surface area contributed by atoms with Crippen LogP contribution < -0.4 is 123 Å². The molecule has 14 aromatic rings. The number of nitrogens with zero attached hydrogens (tertiary/aromatic N) is 16. The third-order valence-corrected chi connectivity index (χ3v) is 23.5. The molecule has 124 heavy (non-hydrogen) atoms. The molecule has 0 radical (unpaired) electrons. The van der Waals surface area contributed by atoms with E-state index in [9.17, 15) is 0 Å². The van der Waals surface area contributed by atoms with E-state index in [2.05, 4.69) is 70.9 Å². The van der Waals surface area contributed by atoms with Gasteiger partial charge in [-0.05, 0) is 153 Å². The maximum absolute atomic E-state index is 7.08. The summed E-state index contributed by atoms with van der Waals surface area (Å²) in [4.78, 5) is 16.2. The topological polar surface area (TPSA) is 171 Å². The Balaban J connectivity index is 0.000000148. The second-order valence-corrected chi connectivity index (χ2v) is 31.3. The molecule has 0 aliphatic carbocycles. The molecule has 0 spiro atoms. The smallest absolute Gasteiger partial charge is 0.208 e. The monoisotopic (exact) mass is 2340 g/mol. The molecule has 0 saturated heterocycles. The quantitative estimate of drug-likeness (QED) is 0.106. The second kappa shape index (κ2) is 29.8. The van der Waals surface area contributed by atoms with Crippen molar-refractivity contribution < 1.29 is 122 Å². The van der Waals surface area contributed by atoms with Crippen LogP contribution in [0.2, 0.25) is 0 Å². The molecule has 0 saturated carbocycles. The second-order valence-electron chi connectivity index (χ2n) is 31.3. The Hall–Kier alpha value is -12.2. The van der Waals surface area contributed by atoms with E-state index in [4.69, 9.17) is 48.1 Å². The Morgan fingerprint density at radius 2 is 0.500 bits per heavy atom. The fourth-order valence-electron chi connectivity index (χ4n) is 18.2. The molecule has 24 nitrogen and oxygen atoms in total. The fraction of sp³-hybridized carbons (Fsp3) is 0.0870. The van der Waals surface area contributed by atoms with Crippen molar-refractivity contribution >= 4 is 115 Å². The number of anilines is 4. The van der Waals surface area contributed by atoms with Gasteiger partial charge in [0.15, 0.2) is 46.0 Å². The third kappa shape index (κ3) is 12.2. The minimum Gasteiger partial charge on any atom is -0.514 e. The molecule has 26 rings (SSSR count). The van der Waals surface area contributed by atoms with E-state index >= 15 is 0 Å². The average molecular weight is 2340 g/mol. The van der Waals surface area contributed by atoms with Gasteiger partial charge in [0.25, 0.3) is 0 Å². The van der Waals surface area contributed by atoms with Crippen molar-refractivity contribution in [1.29, 1.82) is 0 Å². The summed E-state index contributed by atoms with van der Waals surface area (Å²) < 4.78 is 63.8. The molecule has 0 bridgehead atoms. The molecule has 0 fully saturated rings. The normalized spacial score (nSPS) is 15.2. The number of rotatable bonds is 8. The summed E-state index contributed by atoms with van der Waals surface area (Å²) in [6.45, 7) is 14.5. The molecule has 16 heterocycles. The van der Waals surface area contributed by atoms with E-state index in [0.717, 1.165) is 134 Å². The van der Waals surface area contributed by atoms with Crippen LogP contribution in [0.15, 0.2) is 196 Å². The maximum Gasteiger partial charge on any atom is 0.208 e. The van der Waals surface area contributed by atoms with Crippen LogP contribution in [0.1, 0.15) is 22.8 Å². The van der Waals surface area contributed by atoms with Crippen LogP contribution in [0.25, 0.3) is 22.7 Å². The molecular weight excluding hydrogens is 2280 g/mol. The molecule has 32 heteroatoms. The molecule has 0 N–H and O–H groups in total. The number of fused-ring (bicyclic) bond motifs is 20. The summed E-state index contributed by atoms with van der Waals surface area (Å²) in [7, 11) is 7.99. The minimum absolute atomic E-state index is 0. The van der Waals surface area contributed by atoms with Crippen LogP contribution in [0, 0.1) is 103 Å². The molecule has 12 aliphatic heterocycles. The standard InChI is InChI=1S/C48H34B2N8O4.C44H26B2N8O4.4Pt/c1-27-19-29(3)57(51-27)33-9-13-41-37(23-33)49-35-21-31(55-17-15-53(5)25-55)7-11-39(35)59-45-43(49)47(61-41)48-44-46(45)60-40-12-8-32(56-18-16-54(6)26-56)22-36(40)50(44)38-24-34(10-14-42(38)62-48)58-30(4)20-28(2)52-58;1-49-17-19-51(25-49)27-5-9-35-31(21-27)45-33-23-29(53-15-3-13-47-53)7-11-37(33)57-43-39(45)41(55-35)42-40-44(43)58-38-12-8-30(54-16-4-14-48-54)24-34(38)46(40)32-22-28(6-10-36(32)56-42)52-20-18-50(2)26-52;;;;/h7-20,25-26H,1-6H3;3-20,25-26H,1-2H3;;;;/q2*-6;;;;. The van der Waals surface area contributed by atoms with E-state index in [1.165, 1.54) is 0 Å². The number of aromatic nitrogens is 8. The molecule has 620 valence electrons. The minimum atomic E-state index is -0.424. The molecule has 0 atom stereocenters. The van der Waals surface area contributed by atoms with Gasteiger partial charge in [-0.25, -0.2) is 0 Å². The van der Waals surface area contributed by atoms with Crippen molar-refractivity contribution in [2.45, 2.75) is 27.7 Å². The zero-order valence-electron chi connectivity index (χ0n) is 66.8. The van der Waals surface area contributed by atoms with Crippen molar-refractivity contribution in [2.75, 3.05) is 47.8 Å². The van der Waals surface area contributed by atoms with Crippen LogP contribution >= 0.6 is 0 Å². The summed E-state index contributed by atoms with van der Waals surface area (Å²) in [5.41, 5.74) is 20.3. The third-order valence-electron chi connectivity index (χ3n) is 23.5. The van der Waals surface area contributed by atoms with Gasteiger partial charge in [-0.3, -0.25) is 18.7 Å². The molecular formula is C92H60B4N16O8Pt4-12. The molecule has 0 unspecified atom stereocenters. The van der Waals surface area contributed by atoms with Gasteiger partial charge in [0.1, 0.15) is 0 Å². The predicted octanol–water partition coefficient (Wildman–Crippen LogP) is 8.02. The van der Waals surface area contributed by atoms with Gasteiger partial charge in [0, 0.05) is 188 Å². The zero-order chi connectivity index (χ0) is 79.9. The van der Waals surface area contributed by atoms with Crippen LogP contribution in [-0.2, 0) is 84.3 Å². The fourth-order valence-corrected chi connectivity index (χ4v) is 18.2. The van der Waals surface area contributed by atoms with Gasteiger partial charge in [-0.1, -0.05) is 0 Å². The summed E-state index contributed by atoms with van der Waals surface area (Å²) in [6.07, 6.45) is 23.4. The van der Waals surface area contributed by atoms with Gasteiger partial charge in [-0.2, -0.15) is 95.6 Å². The van der Waals surface area contributed by atoms with Crippen LogP contribution in [0.3, 0.4) is 0 Å². The number of hydrogen-bond acceptors (Lipinski definition) is 20. The number of aryl methyl sites for hydroxylation is 4. The van der Waals surface area contributed by atoms with E-state index in [1.54, 1.807) is 21.8 Å². The first-order valence-electron chi connectivity index (χ1n) is 39.3. The number of benzene rings is 10. The maximum atomic E-state index is 7.08. The van der Waals surface area contributed by atoms with Crippen LogP contribution in [0.5, 0.6) is 92.0 Å². The Morgan fingerprint density at radius 3 is 0.702 bits per heavy atom. The molecule has 0 amide bonds. The first kappa shape index (κ1) is 79.0. The predicted molar refractivity (Wildman–Crippen MR) is 456 cm³/mol. The first-order valence-corrected chi connectivity index (χ1v) is 39.3. The van der Waals surface area contributed by atoms with Crippen LogP contribution in [0.4, 0.5) is 22.7 Å². The Kier molecular flexibility index (Phi) is 19.0. The Bertz CT molecular complexity index is 6540. The van der Waals surface area contributed by atoms with E-state index in [-0.39, 0.29) is 84.3 Å². The largest absolute Gasteiger partial charge is 0.514 e. The first-order chi connectivity index (χ1) is 58.6. The summed E-state index contributed by atoms with van der Waals surface area (Å²) >= 11 is 0. The number of hydrogen-bond donors (Lipinski definition) is 0. The van der Waals surface area contributed by atoms with Gasteiger partial charge < -0.3 is 77.1 Å². The number of ether oxygens (including phenoxy) is 8. The summed E-state index contributed by atoms with van der Waals surface area (Å²) in [5.74, 6) is 9.65. The van der Waals surface area contributed by atoms with E-state index < -0.39 is 26.9 Å². The van der Waals surface area contributed by atoms with Crippen molar-refractivity contribution in [3.8, 4) is 115 Å². The van der Waals surface area contributed by atoms with Crippen molar-refractivity contribution in [2.24, 2.45) is 0 Å². The van der Waals surface area contributed by atoms with E-state index in [1.807, 2.05) is 302 Å². The Labute approximate surface area is 773 Å².